The third kappa shape index (κ3) is 5.03. The smallest absolute Gasteiger partial charge is 0.284 e. The molecule has 0 aliphatic heterocycles. The van der Waals surface area contributed by atoms with Crippen LogP contribution >= 0.6 is 23.2 Å². The molecular formula is C11H12Cl2F3NO2S. The van der Waals surface area contributed by atoms with Crippen molar-refractivity contribution in [1.82, 2.24) is 0 Å². The first-order valence-corrected chi connectivity index (χ1v) is 8.05. The van der Waals surface area contributed by atoms with Crippen LogP contribution in [0.15, 0.2) is 18.2 Å². The molecule has 0 fully saturated rings. The molecule has 0 saturated heterocycles. The van der Waals surface area contributed by atoms with E-state index in [0.717, 1.165) is 6.07 Å². The number of alkyl halides is 4. The van der Waals surface area contributed by atoms with E-state index in [2.05, 4.69) is 4.72 Å². The normalized spacial score (nSPS) is 14.1. The van der Waals surface area contributed by atoms with E-state index >= 15 is 0 Å². The SMILES string of the molecule is CC(CCl)CS(=O)(=O)Nc1ccc(Cl)c(C(F)(F)F)c1. The summed E-state index contributed by atoms with van der Waals surface area (Å²) in [5.41, 5.74) is -1.28. The Morgan fingerprint density at radius 2 is 1.95 bits per heavy atom. The van der Waals surface area contributed by atoms with Crippen molar-refractivity contribution in [2.75, 3.05) is 16.4 Å². The van der Waals surface area contributed by atoms with E-state index in [1.165, 1.54) is 6.07 Å². The topological polar surface area (TPSA) is 46.2 Å². The zero-order valence-corrected chi connectivity index (χ0v) is 12.7. The Morgan fingerprint density at radius 3 is 2.45 bits per heavy atom. The largest absolute Gasteiger partial charge is 0.417 e. The molecule has 0 radical (unpaired) electrons. The van der Waals surface area contributed by atoms with Gasteiger partial charge in [0.2, 0.25) is 10.0 Å². The Bertz CT molecular complexity index is 576. The summed E-state index contributed by atoms with van der Waals surface area (Å²) in [4.78, 5) is 0. The Hall–Kier alpha value is -0.660. The lowest BCUT2D eigenvalue weighted by Crippen LogP contribution is -2.22. The number of sulfonamides is 1. The lowest BCUT2D eigenvalue weighted by Gasteiger charge is -2.14. The number of benzene rings is 1. The second-order valence-electron chi connectivity index (χ2n) is 4.34. The highest BCUT2D eigenvalue weighted by Gasteiger charge is 2.33. The molecule has 0 bridgehead atoms. The predicted octanol–water partition coefficient (Wildman–Crippen LogP) is 3.98. The average Bonchev–Trinajstić information content (AvgIpc) is 2.29. The van der Waals surface area contributed by atoms with E-state index in [-0.39, 0.29) is 23.2 Å². The van der Waals surface area contributed by atoms with Gasteiger partial charge >= 0.3 is 6.18 Å². The van der Waals surface area contributed by atoms with Gasteiger partial charge < -0.3 is 0 Å². The van der Waals surface area contributed by atoms with Gasteiger partial charge in [-0.2, -0.15) is 13.2 Å². The Balaban J connectivity index is 3.00. The molecule has 1 rings (SSSR count). The van der Waals surface area contributed by atoms with Gasteiger partial charge in [-0.25, -0.2) is 8.42 Å². The molecule has 0 aliphatic carbocycles. The van der Waals surface area contributed by atoms with Gasteiger partial charge in [-0.3, -0.25) is 4.72 Å². The van der Waals surface area contributed by atoms with Gasteiger partial charge in [0, 0.05) is 11.6 Å². The molecule has 20 heavy (non-hydrogen) atoms. The first-order valence-electron chi connectivity index (χ1n) is 5.48. The monoisotopic (exact) mass is 349 g/mol. The molecule has 1 atom stereocenters. The molecular weight excluding hydrogens is 338 g/mol. The summed E-state index contributed by atoms with van der Waals surface area (Å²) < 4.78 is 63.5. The van der Waals surface area contributed by atoms with Gasteiger partial charge in [-0.1, -0.05) is 18.5 Å². The third-order valence-electron chi connectivity index (χ3n) is 2.31. The van der Waals surface area contributed by atoms with Gasteiger partial charge in [-0.15, -0.1) is 11.6 Å². The van der Waals surface area contributed by atoms with Crippen molar-refractivity contribution in [3.05, 3.63) is 28.8 Å². The van der Waals surface area contributed by atoms with Crippen molar-refractivity contribution in [2.45, 2.75) is 13.1 Å². The van der Waals surface area contributed by atoms with E-state index in [9.17, 15) is 21.6 Å². The minimum atomic E-state index is -4.65. The van der Waals surface area contributed by atoms with E-state index < -0.39 is 26.8 Å². The lowest BCUT2D eigenvalue weighted by molar-refractivity contribution is -0.137. The van der Waals surface area contributed by atoms with Gasteiger partial charge in [0.25, 0.3) is 0 Å². The highest BCUT2D eigenvalue weighted by molar-refractivity contribution is 7.92. The summed E-state index contributed by atoms with van der Waals surface area (Å²) >= 11 is 11.0. The fourth-order valence-corrected chi connectivity index (χ4v) is 3.35. The number of hydrogen-bond acceptors (Lipinski definition) is 2. The molecule has 0 saturated carbocycles. The molecule has 0 amide bonds. The maximum absolute atomic E-state index is 12.6. The van der Waals surface area contributed by atoms with Crippen molar-refractivity contribution in [3.8, 4) is 0 Å². The molecule has 1 aromatic rings. The van der Waals surface area contributed by atoms with Gasteiger partial charge in [-0.05, 0) is 24.1 Å². The van der Waals surface area contributed by atoms with Crippen LogP contribution in [0.4, 0.5) is 18.9 Å². The number of hydrogen-bond donors (Lipinski definition) is 1. The van der Waals surface area contributed by atoms with Crippen LogP contribution in [0.5, 0.6) is 0 Å². The highest BCUT2D eigenvalue weighted by atomic mass is 35.5. The Labute approximate surface area is 125 Å². The Morgan fingerprint density at radius 1 is 1.35 bits per heavy atom. The summed E-state index contributed by atoms with van der Waals surface area (Å²) in [7, 11) is -3.77. The van der Waals surface area contributed by atoms with E-state index in [1.807, 2.05) is 0 Å². The molecule has 3 nitrogen and oxygen atoms in total. The quantitative estimate of drug-likeness (QED) is 0.817. The summed E-state index contributed by atoms with van der Waals surface area (Å²) in [6, 6.07) is 2.82. The van der Waals surface area contributed by atoms with Gasteiger partial charge in [0.05, 0.1) is 16.3 Å². The van der Waals surface area contributed by atoms with E-state index in [0.29, 0.717) is 6.07 Å². The molecule has 0 aromatic heterocycles. The lowest BCUT2D eigenvalue weighted by atomic mass is 10.2. The molecule has 0 heterocycles. The van der Waals surface area contributed by atoms with Crippen LogP contribution in [-0.2, 0) is 16.2 Å². The van der Waals surface area contributed by atoms with Crippen molar-refractivity contribution >= 4 is 38.9 Å². The fourth-order valence-electron chi connectivity index (χ4n) is 1.45. The van der Waals surface area contributed by atoms with E-state index in [4.69, 9.17) is 23.2 Å². The summed E-state index contributed by atoms with van der Waals surface area (Å²) in [5.74, 6) is -0.459. The average molecular weight is 350 g/mol. The molecule has 0 aliphatic rings. The first-order chi connectivity index (χ1) is 9.05. The number of anilines is 1. The number of halogens is 5. The van der Waals surface area contributed by atoms with Crippen LogP contribution in [-0.4, -0.2) is 20.1 Å². The molecule has 1 aromatic carbocycles. The minimum Gasteiger partial charge on any atom is -0.284 e. The zero-order valence-electron chi connectivity index (χ0n) is 10.3. The van der Waals surface area contributed by atoms with Crippen molar-refractivity contribution < 1.29 is 21.6 Å². The molecule has 1 unspecified atom stereocenters. The van der Waals surface area contributed by atoms with Crippen LogP contribution in [0, 0.1) is 5.92 Å². The second-order valence-corrected chi connectivity index (χ2v) is 6.82. The third-order valence-corrected chi connectivity index (χ3v) is 4.72. The van der Waals surface area contributed by atoms with E-state index in [1.54, 1.807) is 6.92 Å². The zero-order chi connectivity index (χ0) is 15.6. The van der Waals surface area contributed by atoms with Crippen LogP contribution in [0.2, 0.25) is 5.02 Å². The maximum atomic E-state index is 12.6. The minimum absolute atomic E-state index is 0.134. The molecule has 0 spiro atoms. The van der Waals surface area contributed by atoms with Crippen LogP contribution in [0.25, 0.3) is 0 Å². The van der Waals surface area contributed by atoms with Crippen molar-refractivity contribution in [1.29, 1.82) is 0 Å². The molecule has 9 heteroatoms. The highest BCUT2D eigenvalue weighted by Crippen LogP contribution is 2.36. The van der Waals surface area contributed by atoms with Crippen LogP contribution in [0.1, 0.15) is 12.5 Å². The van der Waals surface area contributed by atoms with Gasteiger partial charge in [0.1, 0.15) is 0 Å². The maximum Gasteiger partial charge on any atom is 0.417 e. The summed E-state index contributed by atoms with van der Waals surface area (Å²) in [6.45, 7) is 1.62. The predicted molar refractivity (Wildman–Crippen MR) is 73.7 cm³/mol. The summed E-state index contributed by atoms with van der Waals surface area (Å²) in [5, 5.41) is -0.491. The van der Waals surface area contributed by atoms with Crippen molar-refractivity contribution in [3.63, 3.8) is 0 Å². The second kappa shape index (κ2) is 6.41. The van der Waals surface area contributed by atoms with Crippen molar-refractivity contribution in [2.24, 2.45) is 5.92 Å². The molecule has 114 valence electrons. The van der Waals surface area contributed by atoms with Crippen LogP contribution < -0.4 is 4.72 Å². The van der Waals surface area contributed by atoms with Crippen LogP contribution in [0.3, 0.4) is 0 Å². The number of rotatable bonds is 5. The number of nitrogens with one attached hydrogen (secondary N) is 1. The Kier molecular flexibility index (Phi) is 5.57. The fraction of sp³-hybridized carbons (Fsp3) is 0.455. The standard InChI is InChI=1S/C11H12Cl2F3NO2S/c1-7(5-12)6-20(18,19)17-8-2-3-10(13)9(4-8)11(14,15)16/h2-4,7,17H,5-6H2,1H3. The first kappa shape index (κ1) is 17.4. The van der Waals surface area contributed by atoms with Gasteiger partial charge in [0.15, 0.2) is 0 Å². The summed E-state index contributed by atoms with van der Waals surface area (Å²) in [6.07, 6.45) is -4.65. The molecule has 1 N–H and O–H groups in total.